The number of nitrogens with one attached hydrogen (secondary N) is 1. The van der Waals surface area contributed by atoms with Gasteiger partial charge in [-0.1, -0.05) is 13.8 Å². The zero-order valence-corrected chi connectivity index (χ0v) is 16.3. The molecule has 6 heteroatoms. The molecule has 0 aromatic carbocycles. The fourth-order valence-electron chi connectivity index (χ4n) is 3.57. The van der Waals surface area contributed by atoms with Crippen LogP contribution in [0.2, 0.25) is 0 Å². The van der Waals surface area contributed by atoms with Crippen LogP contribution in [0.4, 0.5) is 0 Å². The van der Waals surface area contributed by atoms with Gasteiger partial charge >= 0.3 is 0 Å². The molecule has 1 aliphatic rings. The van der Waals surface area contributed by atoms with Gasteiger partial charge in [-0.25, -0.2) is 0 Å². The van der Waals surface area contributed by atoms with E-state index >= 15 is 0 Å². The summed E-state index contributed by atoms with van der Waals surface area (Å²) in [7, 11) is 0. The Morgan fingerprint density at radius 2 is 2.00 bits per heavy atom. The maximum absolute atomic E-state index is 12.9. The Balaban J connectivity index is 2.09. The predicted molar refractivity (Wildman–Crippen MR) is 98.0 cm³/mol. The van der Waals surface area contributed by atoms with Gasteiger partial charge in [0, 0.05) is 37.3 Å². The third kappa shape index (κ3) is 4.61. The molecule has 140 valence electrons. The lowest BCUT2D eigenvalue weighted by Crippen LogP contribution is -2.51. The van der Waals surface area contributed by atoms with E-state index in [-0.39, 0.29) is 17.9 Å². The average Bonchev–Trinajstić information content (AvgIpc) is 2.84. The van der Waals surface area contributed by atoms with Gasteiger partial charge in [0.1, 0.15) is 6.04 Å². The molecule has 1 fully saturated rings. The Hall–Kier alpha value is -1.85. The molecule has 0 radical (unpaired) electrons. The molecule has 0 saturated carbocycles. The van der Waals surface area contributed by atoms with Gasteiger partial charge in [-0.3, -0.25) is 14.3 Å². The van der Waals surface area contributed by atoms with Crippen molar-refractivity contribution in [1.29, 1.82) is 0 Å². The number of nitrogens with zero attached hydrogens (tertiary/aromatic N) is 3. The minimum absolute atomic E-state index is 0.0491. The van der Waals surface area contributed by atoms with Crippen molar-refractivity contribution in [1.82, 2.24) is 20.0 Å². The van der Waals surface area contributed by atoms with Crippen LogP contribution in [0.5, 0.6) is 0 Å². The minimum atomic E-state index is -0.366. The van der Waals surface area contributed by atoms with Crippen LogP contribution in [0.3, 0.4) is 0 Å². The van der Waals surface area contributed by atoms with E-state index in [4.69, 9.17) is 0 Å². The summed E-state index contributed by atoms with van der Waals surface area (Å²) in [5.41, 5.74) is 3.12. The Morgan fingerprint density at radius 1 is 1.28 bits per heavy atom. The molecule has 1 unspecified atom stereocenters. The molecule has 0 aliphatic carbocycles. The van der Waals surface area contributed by atoms with E-state index in [9.17, 15) is 9.59 Å². The number of amides is 2. The summed E-state index contributed by atoms with van der Waals surface area (Å²) in [6.07, 6.45) is 3.17. The Labute approximate surface area is 151 Å². The number of carbonyl (C=O) groups is 2. The molecule has 1 saturated heterocycles. The quantitative estimate of drug-likeness (QED) is 0.823. The molecule has 1 N–H and O–H groups in total. The van der Waals surface area contributed by atoms with Crippen LogP contribution in [0.1, 0.15) is 63.4 Å². The molecule has 2 rings (SSSR count). The first-order chi connectivity index (χ1) is 11.8. The van der Waals surface area contributed by atoms with Crippen molar-refractivity contribution in [2.24, 2.45) is 5.92 Å². The molecular formula is C19H32N4O2. The van der Waals surface area contributed by atoms with E-state index in [2.05, 4.69) is 31.2 Å². The Kier molecular flexibility index (Phi) is 6.62. The molecule has 1 atom stereocenters. The van der Waals surface area contributed by atoms with Crippen molar-refractivity contribution >= 4 is 11.8 Å². The van der Waals surface area contributed by atoms with E-state index in [0.29, 0.717) is 31.8 Å². The fraction of sp³-hybridized carbons (Fsp3) is 0.737. The predicted octanol–water partition coefficient (Wildman–Crippen LogP) is 2.56. The molecule has 0 spiro atoms. The molecule has 2 amide bonds. The summed E-state index contributed by atoms with van der Waals surface area (Å²) >= 11 is 0. The number of hydrogen-bond donors (Lipinski definition) is 1. The first kappa shape index (κ1) is 19.5. The number of hydrogen-bond acceptors (Lipinski definition) is 3. The largest absolute Gasteiger partial charge is 0.350 e. The van der Waals surface area contributed by atoms with Gasteiger partial charge in [-0.2, -0.15) is 5.10 Å². The van der Waals surface area contributed by atoms with E-state index < -0.39 is 0 Å². The van der Waals surface area contributed by atoms with Crippen molar-refractivity contribution in [2.45, 2.75) is 79.4 Å². The van der Waals surface area contributed by atoms with E-state index in [1.165, 1.54) is 0 Å². The van der Waals surface area contributed by atoms with E-state index in [0.717, 1.165) is 36.3 Å². The summed E-state index contributed by atoms with van der Waals surface area (Å²) in [4.78, 5) is 26.9. The number of aromatic nitrogens is 2. The van der Waals surface area contributed by atoms with E-state index in [1.807, 2.05) is 18.5 Å². The summed E-state index contributed by atoms with van der Waals surface area (Å²) in [5.74, 6) is 0.419. The zero-order chi connectivity index (χ0) is 18.6. The Morgan fingerprint density at radius 3 is 2.56 bits per heavy atom. The zero-order valence-electron chi connectivity index (χ0n) is 16.3. The minimum Gasteiger partial charge on any atom is -0.350 e. The van der Waals surface area contributed by atoms with Crippen LogP contribution >= 0.6 is 0 Å². The van der Waals surface area contributed by atoms with Crippen LogP contribution in [0.15, 0.2) is 0 Å². The van der Waals surface area contributed by atoms with Gasteiger partial charge < -0.3 is 10.2 Å². The number of aryl methyl sites for hydroxylation is 2. The molecule has 1 aromatic heterocycles. The van der Waals surface area contributed by atoms with Gasteiger partial charge in [-0.05, 0) is 46.0 Å². The van der Waals surface area contributed by atoms with Crippen molar-refractivity contribution in [2.75, 3.05) is 6.54 Å². The number of likely N-dealkylation sites (tertiary alicyclic amines) is 1. The molecule has 25 heavy (non-hydrogen) atoms. The van der Waals surface area contributed by atoms with Gasteiger partial charge in [0.2, 0.25) is 11.8 Å². The molecule has 2 heterocycles. The maximum Gasteiger partial charge on any atom is 0.243 e. The average molecular weight is 348 g/mol. The maximum atomic E-state index is 12.9. The third-order valence-corrected chi connectivity index (χ3v) is 5.00. The summed E-state index contributed by atoms with van der Waals surface area (Å²) in [6, 6.07) is -0.366. The lowest BCUT2D eigenvalue weighted by atomic mass is 9.98. The lowest BCUT2D eigenvalue weighted by Gasteiger charge is -2.34. The topological polar surface area (TPSA) is 67.2 Å². The molecule has 1 aliphatic heterocycles. The molecule has 1 aromatic rings. The van der Waals surface area contributed by atoms with Crippen molar-refractivity contribution in [3.05, 3.63) is 17.0 Å². The van der Waals surface area contributed by atoms with Crippen LogP contribution < -0.4 is 5.32 Å². The van der Waals surface area contributed by atoms with Crippen LogP contribution in [-0.2, 0) is 22.7 Å². The smallest absolute Gasteiger partial charge is 0.243 e. The standard InChI is InChI=1S/C19H32N4O2/c1-6-23-15(5)16(14(4)21-23)12-20-19(25)17(11-13(2)3)22-10-8-7-9-18(22)24/h13,17H,6-12H2,1-5H3,(H,20,25). The van der Waals surface area contributed by atoms with E-state index in [1.54, 1.807) is 4.90 Å². The lowest BCUT2D eigenvalue weighted by molar-refractivity contribution is -0.143. The summed E-state index contributed by atoms with van der Waals surface area (Å²) in [5, 5.41) is 7.56. The Bertz CT molecular complexity index is 621. The van der Waals surface area contributed by atoms with Gasteiger partial charge in [0.15, 0.2) is 0 Å². The highest BCUT2D eigenvalue weighted by molar-refractivity contribution is 5.88. The second kappa shape index (κ2) is 8.50. The normalized spacial score (nSPS) is 16.4. The number of piperidine rings is 1. The first-order valence-electron chi connectivity index (χ1n) is 9.45. The highest BCUT2D eigenvalue weighted by Gasteiger charge is 2.31. The van der Waals surface area contributed by atoms with Gasteiger partial charge in [-0.15, -0.1) is 0 Å². The monoisotopic (exact) mass is 348 g/mol. The fourth-order valence-corrected chi connectivity index (χ4v) is 3.57. The van der Waals surface area contributed by atoms with Crippen molar-refractivity contribution < 1.29 is 9.59 Å². The third-order valence-electron chi connectivity index (χ3n) is 5.00. The summed E-state index contributed by atoms with van der Waals surface area (Å²) < 4.78 is 1.95. The van der Waals surface area contributed by atoms with Crippen LogP contribution in [0.25, 0.3) is 0 Å². The number of rotatable bonds is 7. The molecular weight excluding hydrogens is 316 g/mol. The first-order valence-corrected chi connectivity index (χ1v) is 9.45. The molecule has 6 nitrogen and oxygen atoms in total. The van der Waals surface area contributed by atoms with Crippen LogP contribution in [0, 0.1) is 19.8 Å². The van der Waals surface area contributed by atoms with Gasteiger partial charge in [0.05, 0.1) is 5.69 Å². The second-order valence-corrected chi connectivity index (χ2v) is 7.37. The van der Waals surface area contributed by atoms with Crippen LogP contribution in [-0.4, -0.2) is 39.1 Å². The molecule has 0 bridgehead atoms. The SMILES string of the molecule is CCn1nc(C)c(CNC(=O)C(CC(C)C)N2CCCCC2=O)c1C. The highest BCUT2D eigenvalue weighted by Crippen LogP contribution is 2.20. The highest BCUT2D eigenvalue weighted by atomic mass is 16.2. The summed E-state index contributed by atoms with van der Waals surface area (Å²) in [6.45, 7) is 12.2. The number of carbonyl (C=O) groups excluding carboxylic acids is 2. The van der Waals surface area contributed by atoms with Gasteiger partial charge in [0.25, 0.3) is 0 Å². The van der Waals surface area contributed by atoms with Crippen molar-refractivity contribution in [3.8, 4) is 0 Å². The van der Waals surface area contributed by atoms with Crippen molar-refractivity contribution in [3.63, 3.8) is 0 Å². The second-order valence-electron chi connectivity index (χ2n) is 7.37.